The second-order valence-corrected chi connectivity index (χ2v) is 11.0. The van der Waals surface area contributed by atoms with Gasteiger partial charge in [-0.3, -0.25) is 9.10 Å². The maximum Gasteiger partial charge on any atom is 0.259 e. The van der Waals surface area contributed by atoms with Crippen LogP contribution in [0.2, 0.25) is 0 Å². The molecule has 2 aromatic rings. The Balaban J connectivity index is 1.54. The lowest BCUT2D eigenvalue weighted by Gasteiger charge is -2.37. The van der Waals surface area contributed by atoms with Gasteiger partial charge in [0.25, 0.3) is 15.9 Å². The van der Waals surface area contributed by atoms with Crippen molar-refractivity contribution in [3.8, 4) is 11.8 Å². The van der Waals surface area contributed by atoms with E-state index in [2.05, 4.69) is 5.32 Å². The van der Waals surface area contributed by atoms with E-state index in [-0.39, 0.29) is 35.4 Å². The number of rotatable bonds is 5. The predicted molar refractivity (Wildman–Crippen MR) is 120 cm³/mol. The molecule has 0 aromatic heterocycles. The smallest absolute Gasteiger partial charge is 0.259 e. The molecule has 33 heavy (non-hydrogen) atoms. The number of carbonyl (C=O) groups excluding carboxylic acids is 1. The fraction of sp³-hybridized carbons (Fsp3) is 0.417. The molecule has 0 radical (unpaired) electrons. The highest BCUT2D eigenvalue weighted by Crippen LogP contribution is 2.61. The van der Waals surface area contributed by atoms with Crippen molar-refractivity contribution in [3.63, 3.8) is 0 Å². The highest BCUT2D eigenvalue weighted by molar-refractivity contribution is 7.94. The van der Waals surface area contributed by atoms with Crippen molar-refractivity contribution in [2.45, 2.75) is 30.8 Å². The van der Waals surface area contributed by atoms with Crippen molar-refractivity contribution in [2.75, 3.05) is 18.0 Å². The van der Waals surface area contributed by atoms with Crippen LogP contribution in [0.25, 0.3) is 0 Å². The predicted octanol–water partition coefficient (Wildman–Crippen LogP) is 3.36. The van der Waals surface area contributed by atoms with Gasteiger partial charge in [-0.2, -0.15) is 5.26 Å². The zero-order valence-corrected chi connectivity index (χ0v) is 18.9. The van der Waals surface area contributed by atoms with E-state index < -0.39 is 27.5 Å². The number of hydrogen-bond acceptors (Lipinski definition) is 5. The second kappa shape index (κ2) is 7.73. The van der Waals surface area contributed by atoms with Crippen LogP contribution in [0.3, 0.4) is 0 Å². The molecule has 2 aromatic carbocycles. The Bertz CT molecular complexity index is 1260. The van der Waals surface area contributed by atoms with Crippen LogP contribution in [0.1, 0.15) is 40.7 Å². The van der Waals surface area contributed by atoms with E-state index in [9.17, 15) is 22.9 Å². The summed E-state index contributed by atoms with van der Waals surface area (Å²) in [4.78, 5) is 11.8. The van der Waals surface area contributed by atoms with E-state index in [0.717, 1.165) is 19.3 Å². The molecule has 172 valence electrons. The molecular weight excluding hydrogens is 445 g/mol. The first kappa shape index (κ1) is 21.7. The molecule has 7 nitrogen and oxygen atoms in total. The second-order valence-electron chi connectivity index (χ2n) is 8.98. The largest absolute Gasteiger partial charge is 0.497 e. The lowest BCUT2D eigenvalue weighted by molar-refractivity contribution is 0.0881. The van der Waals surface area contributed by atoms with E-state index in [1.54, 1.807) is 24.3 Å². The summed E-state index contributed by atoms with van der Waals surface area (Å²) in [7, 11) is -2.47. The molecule has 2 saturated carbocycles. The van der Waals surface area contributed by atoms with Crippen LogP contribution in [-0.2, 0) is 16.7 Å². The van der Waals surface area contributed by atoms with Gasteiger partial charge in [0.15, 0.2) is 4.87 Å². The van der Waals surface area contributed by atoms with Crippen LogP contribution in [0, 0.1) is 29.1 Å². The fourth-order valence-corrected chi connectivity index (χ4v) is 8.64. The minimum atomic E-state index is -4.00. The molecule has 1 saturated heterocycles. The zero-order valence-electron chi connectivity index (χ0n) is 18.1. The molecule has 2 bridgehead atoms. The van der Waals surface area contributed by atoms with Crippen molar-refractivity contribution >= 4 is 21.6 Å². The summed E-state index contributed by atoms with van der Waals surface area (Å²) in [6, 6.07) is 12.9. The number of fused-ring (bicyclic) bond motifs is 5. The van der Waals surface area contributed by atoms with Gasteiger partial charge in [0.1, 0.15) is 12.4 Å². The van der Waals surface area contributed by atoms with Crippen LogP contribution >= 0.6 is 0 Å². The number of hydrogen-bond donors (Lipinski definition) is 1. The molecule has 1 aliphatic heterocycles. The highest BCUT2D eigenvalue weighted by Gasteiger charge is 2.71. The van der Waals surface area contributed by atoms with E-state index in [0.29, 0.717) is 17.0 Å². The van der Waals surface area contributed by atoms with Gasteiger partial charge in [0, 0.05) is 23.6 Å². The molecular formula is C24H24FN3O4S. The molecule has 5 rings (SSSR count). The summed E-state index contributed by atoms with van der Waals surface area (Å²) in [5.74, 6) is -0.0711. The molecule has 1 heterocycles. The van der Waals surface area contributed by atoms with E-state index in [1.165, 1.54) is 29.6 Å². The SMILES string of the molecule is COc1ccc(C(=O)NC23[C@@H]4CC[C@@H](C4)[C@@H]2CN(c2ccc(C#N)c(CF)c2)S3(=O)=O)cc1. The first-order valence-corrected chi connectivity index (χ1v) is 12.4. The van der Waals surface area contributed by atoms with Crippen LogP contribution in [0.4, 0.5) is 10.1 Å². The normalized spacial score (nSPS) is 28.9. The summed E-state index contributed by atoms with van der Waals surface area (Å²) < 4.78 is 48.0. The van der Waals surface area contributed by atoms with E-state index >= 15 is 0 Å². The van der Waals surface area contributed by atoms with E-state index in [1.807, 2.05) is 6.07 Å². The maximum absolute atomic E-state index is 14.0. The van der Waals surface area contributed by atoms with Crippen molar-refractivity contribution in [3.05, 3.63) is 59.2 Å². The third-order valence-electron chi connectivity index (χ3n) is 7.58. The molecule has 4 atom stereocenters. The number of carbonyl (C=O) groups is 1. The molecule has 1 N–H and O–H groups in total. The Morgan fingerprint density at radius 2 is 2.03 bits per heavy atom. The van der Waals surface area contributed by atoms with Crippen LogP contribution in [0.15, 0.2) is 42.5 Å². The Morgan fingerprint density at radius 3 is 2.70 bits per heavy atom. The number of halogens is 1. The fourth-order valence-electron chi connectivity index (χ4n) is 6.02. The molecule has 2 aliphatic carbocycles. The maximum atomic E-state index is 14.0. The molecule has 1 amide bonds. The lowest BCUT2D eigenvalue weighted by atomic mass is 9.83. The summed E-state index contributed by atoms with van der Waals surface area (Å²) >= 11 is 0. The van der Waals surface area contributed by atoms with Gasteiger partial charge in [-0.1, -0.05) is 0 Å². The lowest BCUT2D eigenvalue weighted by Crippen LogP contribution is -2.60. The van der Waals surface area contributed by atoms with Gasteiger partial charge < -0.3 is 10.1 Å². The third kappa shape index (κ3) is 3.04. The van der Waals surface area contributed by atoms with Gasteiger partial charge in [-0.05, 0) is 73.6 Å². The van der Waals surface area contributed by atoms with Crippen LogP contribution in [-0.4, -0.2) is 32.9 Å². The van der Waals surface area contributed by atoms with Gasteiger partial charge in [-0.25, -0.2) is 12.8 Å². The van der Waals surface area contributed by atoms with Gasteiger partial charge >= 0.3 is 0 Å². The Morgan fingerprint density at radius 1 is 1.27 bits per heavy atom. The Kier molecular flexibility index (Phi) is 5.09. The number of anilines is 1. The highest BCUT2D eigenvalue weighted by atomic mass is 32.2. The van der Waals surface area contributed by atoms with Gasteiger partial charge in [-0.15, -0.1) is 0 Å². The number of benzene rings is 2. The Labute approximate surface area is 192 Å². The number of alkyl halides is 1. The molecule has 1 unspecified atom stereocenters. The number of sulfonamides is 1. The number of ether oxygens (including phenoxy) is 1. The third-order valence-corrected chi connectivity index (χ3v) is 10.1. The van der Waals surface area contributed by atoms with Crippen LogP contribution in [0.5, 0.6) is 5.75 Å². The molecule has 0 spiro atoms. The quantitative estimate of drug-likeness (QED) is 0.724. The molecule has 3 fully saturated rings. The Hall–Kier alpha value is -3.12. The standard InChI is InChI=1S/C24H24FN3O4S/c1-32-21-8-4-15(5-9-21)23(29)27-24-19-6-2-16(10-19)22(24)14-28(33(24,30)31)20-7-3-17(13-26)18(11-20)12-25/h3-5,7-9,11,16,19,22H,2,6,10,12,14H2,1H3,(H,27,29)/t16-,19+,22-,24?/m0/s1. The average Bonchev–Trinajstić information content (AvgIpc) is 3.49. The van der Waals surface area contributed by atoms with Crippen molar-refractivity contribution in [1.29, 1.82) is 5.26 Å². The summed E-state index contributed by atoms with van der Waals surface area (Å²) in [6.45, 7) is -0.636. The van der Waals surface area contributed by atoms with Crippen molar-refractivity contribution < 1.29 is 22.3 Å². The first-order chi connectivity index (χ1) is 15.9. The number of nitriles is 1. The number of amides is 1. The van der Waals surface area contributed by atoms with Gasteiger partial charge in [0.2, 0.25) is 0 Å². The average molecular weight is 470 g/mol. The summed E-state index contributed by atoms with van der Waals surface area (Å²) in [5, 5.41) is 12.1. The van der Waals surface area contributed by atoms with Gasteiger partial charge in [0.05, 0.1) is 24.4 Å². The monoisotopic (exact) mass is 469 g/mol. The topological polar surface area (TPSA) is 99.5 Å². The van der Waals surface area contributed by atoms with E-state index in [4.69, 9.17) is 4.74 Å². The molecule has 3 aliphatic rings. The number of nitrogens with one attached hydrogen (secondary N) is 1. The number of methoxy groups -OCH3 is 1. The number of nitrogens with zero attached hydrogens (tertiary/aromatic N) is 2. The molecule has 9 heteroatoms. The minimum Gasteiger partial charge on any atom is -0.497 e. The minimum absolute atomic E-state index is 0.154. The first-order valence-electron chi connectivity index (χ1n) is 10.9. The summed E-state index contributed by atoms with van der Waals surface area (Å²) in [5.41, 5.74) is 1.02. The van der Waals surface area contributed by atoms with Crippen molar-refractivity contribution in [1.82, 2.24) is 5.32 Å². The van der Waals surface area contributed by atoms with Crippen LogP contribution < -0.4 is 14.4 Å². The van der Waals surface area contributed by atoms with Crippen molar-refractivity contribution in [2.24, 2.45) is 17.8 Å². The summed E-state index contributed by atoms with van der Waals surface area (Å²) in [6.07, 6.45) is 2.44. The zero-order chi connectivity index (χ0) is 23.4.